The van der Waals surface area contributed by atoms with Crippen LogP contribution in [0.1, 0.15) is 17.7 Å². The van der Waals surface area contributed by atoms with Gasteiger partial charge < -0.3 is 23.9 Å². The number of aromatic nitrogens is 2. The Morgan fingerprint density at radius 2 is 1.88 bits per heavy atom. The molecule has 164 valence electrons. The maximum absolute atomic E-state index is 12.4. The Hall–Kier alpha value is -4.00. The summed E-state index contributed by atoms with van der Waals surface area (Å²) in [6.07, 6.45) is 4.83. The third kappa shape index (κ3) is 5.18. The van der Waals surface area contributed by atoms with Gasteiger partial charge in [-0.3, -0.25) is 4.79 Å². The van der Waals surface area contributed by atoms with Gasteiger partial charge in [0, 0.05) is 30.6 Å². The van der Waals surface area contributed by atoms with Crippen molar-refractivity contribution in [3.63, 3.8) is 0 Å². The van der Waals surface area contributed by atoms with Gasteiger partial charge in [-0.15, -0.1) is 0 Å². The highest BCUT2D eigenvalue weighted by Gasteiger charge is 2.08. The molecule has 7 nitrogen and oxygen atoms in total. The summed E-state index contributed by atoms with van der Waals surface area (Å²) in [5.41, 5.74) is 3.40. The van der Waals surface area contributed by atoms with Gasteiger partial charge in [0.1, 0.15) is 18.0 Å². The monoisotopic (exact) mass is 431 g/mol. The van der Waals surface area contributed by atoms with Gasteiger partial charge in [0.05, 0.1) is 19.9 Å². The van der Waals surface area contributed by atoms with Crippen LogP contribution in [0, 0.1) is 0 Å². The average Bonchev–Trinajstić information content (AvgIpc) is 3.24. The number of amides is 1. The molecule has 2 aromatic heterocycles. The quantitative estimate of drug-likeness (QED) is 0.422. The number of ether oxygens (including phenoxy) is 3. The van der Waals surface area contributed by atoms with Crippen molar-refractivity contribution in [2.45, 2.75) is 19.4 Å². The number of rotatable bonds is 9. The largest absolute Gasteiger partial charge is 0.493 e. The molecular weight excluding hydrogens is 406 g/mol. The Morgan fingerprint density at radius 1 is 1.00 bits per heavy atom. The zero-order chi connectivity index (χ0) is 22.3. The first kappa shape index (κ1) is 21.2. The molecule has 2 heterocycles. The minimum absolute atomic E-state index is 0.0720. The molecule has 0 aliphatic rings. The van der Waals surface area contributed by atoms with Crippen LogP contribution in [0.4, 0.5) is 5.69 Å². The summed E-state index contributed by atoms with van der Waals surface area (Å²) in [4.78, 5) is 17.0. The third-order valence-corrected chi connectivity index (χ3v) is 5.01. The predicted octanol–water partition coefficient (Wildman–Crippen LogP) is 4.50. The minimum Gasteiger partial charge on any atom is -0.493 e. The van der Waals surface area contributed by atoms with Gasteiger partial charge in [-0.05, 0) is 48.4 Å². The number of nitrogens with one attached hydrogen (secondary N) is 1. The molecule has 1 amide bonds. The molecule has 32 heavy (non-hydrogen) atoms. The molecule has 0 aliphatic carbocycles. The second-order valence-electron chi connectivity index (χ2n) is 7.25. The molecule has 0 aliphatic heterocycles. The van der Waals surface area contributed by atoms with Crippen molar-refractivity contribution in [1.29, 1.82) is 0 Å². The van der Waals surface area contributed by atoms with Gasteiger partial charge in [-0.1, -0.05) is 18.2 Å². The number of carbonyl (C=O) groups is 1. The van der Waals surface area contributed by atoms with Crippen LogP contribution in [0.25, 0.3) is 5.65 Å². The number of pyridine rings is 1. The van der Waals surface area contributed by atoms with Crippen LogP contribution >= 0.6 is 0 Å². The number of benzene rings is 2. The van der Waals surface area contributed by atoms with Crippen molar-refractivity contribution in [2.75, 3.05) is 19.5 Å². The van der Waals surface area contributed by atoms with Crippen molar-refractivity contribution < 1.29 is 19.0 Å². The molecule has 4 aromatic rings. The highest BCUT2D eigenvalue weighted by Crippen LogP contribution is 2.28. The lowest BCUT2D eigenvalue weighted by molar-refractivity contribution is -0.116. The molecular formula is C25H25N3O4. The van der Waals surface area contributed by atoms with Gasteiger partial charge in [0.2, 0.25) is 5.91 Å². The standard InChI is InChI=1S/C25H25N3O4/c1-30-22-11-9-18(14-23(22)31-2)10-12-25(29)27-19-6-5-7-21(15-19)32-17-20-16-28-13-4-3-8-24(28)26-20/h3-9,11,13-16H,10,12,17H2,1-2H3,(H,27,29). The molecule has 0 fully saturated rings. The zero-order valence-corrected chi connectivity index (χ0v) is 18.1. The topological polar surface area (TPSA) is 74.1 Å². The van der Waals surface area contributed by atoms with Crippen LogP contribution in [0.5, 0.6) is 17.2 Å². The summed E-state index contributed by atoms with van der Waals surface area (Å²) >= 11 is 0. The second kappa shape index (κ2) is 9.87. The zero-order valence-electron chi connectivity index (χ0n) is 18.1. The van der Waals surface area contributed by atoms with Gasteiger partial charge >= 0.3 is 0 Å². The first-order valence-corrected chi connectivity index (χ1v) is 10.3. The number of hydrogen-bond acceptors (Lipinski definition) is 5. The van der Waals surface area contributed by atoms with E-state index in [1.807, 2.05) is 77.5 Å². The number of fused-ring (bicyclic) bond motifs is 1. The highest BCUT2D eigenvalue weighted by molar-refractivity contribution is 5.91. The van der Waals surface area contributed by atoms with E-state index in [2.05, 4.69) is 10.3 Å². The van der Waals surface area contributed by atoms with E-state index in [4.69, 9.17) is 14.2 Å². The smallest absolute Gasteiger partial charge is 0.224 e. The van der Waals surface area contributed by atoms with E-state index in [9.17, 15) is 4.79 Å². The molecule has 0 saturated heterocycles. The Labute approximate surface area is 186 Å². The number of hydrogen-bond donors (Lipinski definition) is 1. The van der Waals surface area contributed by atoms with E-state index in [1.165, 1.54) is 0 Å². The lowest BCUT2D eigenvalue weighted by atomic mass is 10.1. The Bertz CT molecular complexity index is 1190. The van der Waals surface area contributed by atoms with E-state index in [-0.39, 0.29) is 5.91 Å². The highest BCUT2D eigenvalue weighted by atomic mass is 16.5. The molecule has 0 saturated carbocycles. The van der Waals surface area contributed by atoms with E-state index < -0.39 is 0 Å². The lowest BCUT2D eigenvalue weighted by Gasteiger charge is -2.10. The van der Waals surface area contributed by atoms with Crippen LogP contribution in [0.3, 0.4) is 0 Å². The number of aryl methyl sites for hydroxylation is 1. The van der Waals surface area contributed by atoms with Crippen molar-refractivity contribution in [3.8, 4) is 17.2 Å². The van der Waals surface area contributed by atoms with Crippen molar-refractivity contribution in [1.82, 2.24) is 9.38 Å². The van der Waals surface area contributed by atoms with Crippen LogP contribution in [0.15, 0.2) is 73.1 Å². The Kier molecular flexibility index (Phi) is 6.55. The van der Waals surface area contributed by atoms with E-state index in [0.717, 1.165) is 16.9 Å². The third-order valence-electron chi connectivity index (χ3n) is 5.01. The fourth-order valence-corrected chi connectivity index (χ4v) is 3.40. The molecule has 1 N–H and O–H groups in total. The van der Waals surface area contributed by atoms with Gasteiger partial charge in [0.25, 0.3) is 0 Å². The molecule has 0 bridgehead atoms. The van der Waals surface area contributed by atoms with Crippen molar-refractivity contribution in [2.24, 2.45) is 0 Å². The predicted molar refractivity (Wildman–Crippen MR) is 122 cm³/mol. The number of anilines is 1. The Balaban J connectivity index is 1.31. The van der Waals surface area contributed by atoms with Crippen molar-refractivity contribution >= 4 is 17.2 Å². The molecule has 2 aromatic carbocycles. The van der Waals surface area contributed by atoms with Gasteiger partial charge in [0.15, 0.2) is 11.5 Å². The van der Waals surface area contributed by atoms with Crippen LogP contribution in [0.2, 0.25) is 0 Å². The molecule has 4 rings (SSSR count). The molecule has 7 heteroatoms. The van der Waals surface area contributed by atoms with Crippen LogP contribution < -0.4 is 19.5 Å². The van der Waals surface area contributed by atoms with Crippen molar-refractivity contribution in [3.05, 3.63) is 84.3 Å². The summed E-state index contributed by atoms with van der Waals surface area (Å²) in [6, 6.07) is 18.9. The van der Waals surface area contributed by atoms with Gasteiger partial charge in [-0.25, -0.2) is 4.98 Å². The summed E-state index contributed by atoms with van der Waals surface area (Å²) in [6.45, 7) is 0.346. The minimum atomic E-state index is -0.0720. The average molecular weight is 431 g/mol. The van der Waals surface area contributed by atoms with Gasteiger partial charge in [-0.2, -0.15) is 0 Å². The van der Waals surface area contributed by atoms with E-state index in [1.54, 1.807) is 14.2 Å². The first-order chi connectivity index (χ1) is 15.6. The number of imidazole rings is 1. The van der Waals surface area contributed by atoms with Crippen LogP contribution in [-0.4, -0.2) is 29.5 Å². The lowest BCUT2D eigenvalue weighted by Crippen LogP contribution is -2.12. The Morgan fingerprint density at radius 3 is 2.69 bits per heavy atom. The summed E-state index contributed by atoms with van der Waals surface area (Å²) in [5, 5.41) is 2.93. The summed E-state index contributed by atoms with van der Waals surface area (Å²) in [5.74, 6) is 1.92. The summed E-state index contributed by atoms with van der Waals surface area (Å²) in [7, 11) is 3.19. The number of carbonyl (C=O) groups excluding carboxylic acids is 1. The molecule has 0 unspecified atom stereocenters. The second-order valence-corrected chi connectivity index (χ2v) is 7.25. The fourth-order valence-electron chi connectivity index (χ4n) is 3.40. The van der Waals surface area contributed by atoms with Crippen LogP contribution in [-0.2, 0) is 17.8 Å². The fraction of sp³-hybridized carbons (Fsp3) is 0.200. The van der Waals surface area contributed by atoms with E-state index in [0.29, 0.717) is 42.4 Å². The summed E-state index contributed by atoms with van der Waals surface area (Å²) < 4.78 is 18.4. The normalized spacial score (nSPS) is 10.7. The molecule has 0 spiro atoms. The SMILES string of the molecule is COc1ccc(CCC(=O)Nc2cccc(OCc3cn4ccccc4n3)c2)cc1OC. The number of methoxy groups -OCH3 is 2. The first-order valence-electron chi connectivity index (χ1n) is 10.3. The molecule has 0 atom stereocenters. The maximum atomic E-state index is 12.4. The molecule has 0 radical (unpaired) electrons. The number of nitrogens with zero attached hydrogens (tertiary/aromatic N) is 2. The van der Waals surface area contributed by atoms with E-state index >= 15 is 0 Å². The maximum Gasteiger partial charge on any atom is 0.224 e.